The van der Waals surface area contributed by atoms with Gasteiger partial charge in [-0.25, -0.2) is 4.79 Å². The van der Waals surface area contributed by atoms with E-state index in [-0.39, 0.29) is 23.0 Å². The highest BCUT2D eigenvalue weighted by Crippen LogP contribution is 2.27. The van der Waals surface area contributed by atoms with Crippen molar-refractivity contribution in [3.8, 4) is 0 Å². The van der Waals surface area contributed by atoms with Gasteiger partial charge in [0, 0.05) is 31.9 Å². The summed E-state index contributed by atoms with van der Waals surface area (Å²) in [7, 11) is 0. The van der Waals surface area contributed by atoms with Crippen LogP contribution < -0.4 is 4.90 Å². The largest absolute Gasteiger partial charge is 0.454 e. The van der Waals surface area contributed by atoms with Crippen molar-refractivity contribution in [1.29, 1.82) is 0 Å². The van der Waals surface area contributed by atoms with Crippen LogP contribution in [0.4, 0.5) is 5.69 Å². The lowest BCUT2D eigenvalue weighted by molar-refractivity contribution is -0.156. The Morgan fingerprint density at radius 3 is 1.94 bits per heavy atom. The molecule has 0 aromatic heterocycles. The SMILES string of the molecule is CC(C)[C@@H](C(=O)OCC(=O)N1CCN(c2ccccc2)CC1)N1C(=O)c2ccccc2C1=O. The summed E-state index contributed by atoms with van der Waals surface area (Å²) >= 11 is 0. The number of carbonyl (C=O) groups excluding carboxylic acids is 4. The fourth-order valence-corrected chi connectivity index (χ4v) is 4.30. The van der Waals surface area contributed by atoms with Crippen molar-refractivity contribution in [2.45, 2.75) is 19.9 Å². The number of hydrogen-bond acceptors (Lipinski definition) is 6. The molecule has 0 spiro atoms. The van der Waals surface area contributed by atoms with Gasteiger partial charge in [0.05, 0.1) is 11.1 Å². The van der Waals surface area contributed by atoms with Gasteiger partial charge in [0.15, 0.2) is 6.61 Å². The molecule has 0 N–H and O–H groups in total. The molecule has 8 nitrogen and oxygen atoms in total. The first-order valence-electron chi connectivity index (χ1n) is 11.1. The molecule has 1 atom stereocenters. The number of para-hydroxylation sites is 1. The number of fused-ring (bicyclic) bond motifs is 1. The van der Waals surface area contributed by atoms with Gasteiger partial charge >= 0.3 is 5.97 Å². The van der Waals surface area contributed by atoms with E-state index in [1.165, 1.54) is 0 Å². The Hall–Kier alpha value is -3.68. The van der Waals surface area contributed by atoms with Gasteiger partial charge in [-0.3, -0.25) is 19.3 Å². The molecular formula is C25H27N3O5. The average molecular weight is 450 g/mol. The summed E-state index contributed by atoms with van der Waals surface area (Å²) in [4.78, 5) is 56.0. The number of imide groups is 1. The Kier molecular flexibility index (Phi) is 6.44. The standard InChI is InChI=1S/C25H27N3O5/c1-17(2)22(28-23(30)19-10-6-7-11-20(19)24(28)31)25(32)33-16-21(29)27-14-12-26(13-15-27)18-8-4-3-5-9-18/h3-11,17,22H,12-16H2,1-2H3/t22-/m0/s1. The first-order valence-corrected chi connectivity index (χ1v) is 11.1. The van der Waals surface area contributed by atoms with Crippen LogP contribution >= 0.6 is 0 Å². The van der Waals surface area contributed by atoms with Gasteiger partial charge < -0.3 is 14.5 Å². The normalized spacial score (nSPS) is 16.8. The lowest BCUT2D eigenvalue weighted by Gasteiger charge is -2.36. The predicted octanol–water partition coefficient (Wildman–Crippen LogP) is 2.20. The topological polar surface area (TPSA) is 87.2 Å². The summed E-state index contributed by atoms with van der Waals surface area (Å²) in [5.74, 6) is -2.45. The number of piperazine rings is 1. The smallest absolute Gasteiger partial charge is 0.330 e. The Morgan fingerprint density at radius 1 is 0.848 bits per heavy atom. The molecule has 2 heterocycles. The van der Waals surface area contributed by atoms with Crippen LogP contribution in [-0.2, 0) is 14.3 Å². The van der Waals surface area contributed by atoms with Gasteiger partial charge in [0.25, 0.3) is 17.7 Å². The fourth-order valence-electron chi connectivity index (χ4n) is 4.30. The van der Waals surface area contributed by atoms with Crippen LogP contribution in [0.3, 0.4) is 0 Å². The molecule has 33 heavy (non-hydrogen) atoms. The number of anilines is 1. The van der Waals surface area contributed by atoms with E-state index in [0.29, 0.717) is 26.2 Å². The maximum Gasteiger partial charge on any atom is 0.330 e. The van der Waals surface area contributed by atoms with E-state index in [1.54, 1.807) is 43.0 Å². The van der Waals surface area contributed by atoms with E-state index in [2.05, 4.69) is 4.90 Å². The Morgan fingerprint density at radius 2 is 1.39 bits per heavy atom. The molecule has 4 rings (SSSR count). The second-order valence-electron chi connectivity index (χ2n) is 8.53. The first-order chi connectivity index (χ1) is 15.9. The number of nitrogens with zero attached hydrogens (tertiary/aromatic N) is 3. The molecule has 0 saturated carbocycles. The lowest BCUT2D eigenvalue weighted by atomic mass is 10.0. The maximum absolute atomic E-state index is 12.9. The number of hydrogen-bond donors (Lipinski definition) is 0. The molecule has 2 aliphatic heterocycles. The van der Waals surface area contributed by atoms with E-state index in [0.717, 1.165) is 10.6 Å². The highest BCUT2D eigenvalue weighted by molar-refractivity contribution is 6.22. The molecule has 172 valence electrons. The number of benzene rings is 2. The van der Waals surface area contributed by atoms with Gasteiger partial charge in [-0.1, -0.05) is 44.2 Å². The molecule has 1 fully saturated rings. The van der Waals surface area contributed by atoms with Crippen molar-refractivity contribution >= 4 is 29.4 Å². The van der Waals surface area contributed by atoms with E-state index >= 15 is 0 Å². The number of rotatable bonds is 6. The van der Waals surface area contributed by atoms with Gasteiger partial charge in [-0.05, 0) is 30.2 Å². The minimum atomic E-state index is -1.10. The molecular weight excluding hydrogens is 422 g/mol. The number of amides is 3. The molecule has 2 aliphatic rings. The lowest BCUT2D eigenvalue weighted by Crippen LogP contribution is -2.51. The molecule has 2 aromatic rings. The summed E-state index contributed by atoms with van der Waals surface area (Å²) in [6.45, 7) is 5.48. The van der Waals surface area contributed by atoms with Crippen molar-refractivity contribution in [3.63, 3.8) is 0 Å². The van der Waals surface area contributed by atoms with Gasteiger partial charge in [-0.2, -0.15) is 0 Å². The quantitative estimate of drug-likeness (QED) is 0.496. The second kappa shape index (κ2) is 9.44. The zero-order valence-corrected chi connectivity index (χ0v) is 18.8. The zero-order chi connectivity index (χ0) is 23.5. The Balaban J connectivity index is 1.35. The summed E-state index contributed by atoms with van der Waals surface area (Å²) in [6, 6.07) is 15.4. The molecule has 8 heteroatoms. The van der Waals surface area contributed by atoms with Crippen molar-refractivity contribution in [2.24, 2.45) is 5.92 Å². The number of carbonyl (C=O) groups is 4. The fraction of sp³-hybridized carbons (Fsp3) is 0.360. The minimum absolute atomic E-state index is 0.272. The third-order valence-electron chi connectivity index (χ3n) is 6.07. The van der Waals surface area contributed by atoms with Gasteiger partial charge in [-0.15, -0.1) is 0 Å². The monoisotopic (exact) mass is 449 g/mol. The summed E-state index contributed by atoms with van der Waals surface area (Å²) in [5, 5.41) is 0. The van der Waals surface area contributed by atoms with E-state index in [9.17, 15) is 19.2 Å². The van der Waals surface area contributed by atoms with Crippen LogP contribution in [0.2, 0.25) is 0 Å². The zero-order valence-electron chi connectivity index (χ0n) is 18.8. The molecule has 0 bridgehead atoms. The van der Waals surface area contributed by atoms with Crippen LogP contribution in [0.1, 0.15) is 34.6 Å². The van der Waals surface area contributed by atoms with E-state index in [4.69, 9.17) is 4.74 Å². The molecule has 1 saturated heterocycles. The van der Waals surface area contributed by atoms with Crippen molar-refractivity contribution in [3.05, 3.63) is 65.7 Å². The first kappa shape index (κ1) is 22.5. The highest BCUT2D eigenvalue weighted by atomic mass is 16.5. The van der Waals surface area contributed by atoms with E-state index < -0.39 is 30.4 Å². The van der Waals surface area contributed by atoms with Crippen LogP contribution in [-0.4, -0.2) is 72.3 Å². The third kappa shape index (κ3) is 4.46. The van der Waals surface area contributed by atoms with Gasteiger partial charge in [0.2, 0.25) is 0 Å². The Bertz CT molecular complexity index is 1030. The van der Waals surface area contributed by atoms with Crippen LogP contribution in [0.25, 0.3) is 0 Å². The van der Waals surface area contributed by atoms with Gasteiger partial charge in [0.1, 0.15) is 6.04 Å². The summed E-state index contributed by atoms with van der Waals surface area (Å²) in [6.07, 6.45) is 0. The van der Waals surface area contributed by atoms with Crippen molar-refractivity contribution < 1.29 is 23.9 Å². The molecule has 3 amide bonds. The molecule has 0 aliphatic carbocycles. The highest BCUT2D eigenvalue weighted by Gasteiger charge is 2.44. The summed E-state index contributed by atoms with van der Waals surface area (Å²) < 4.78 is 5.31. The number of ether oxygens (including phenoxy) is 1. The van der Waals surface area contributed by atoms with E-state index in [1.807, 2.05) is 30.3 Å². The number of esters is 1. The third-order valence-corrected chi connectivity index (χ3v) is 6.07. The summed E-state index contributed by atoms with van der Waals surface area (Å²) in [5.41, 5.74) is 1.65. The van der Waals surface area contributed by atoms with Crippen LogP contribution in [0, 0.1) is 5.92 Å². The van der Waals surface area contributed by atoms with Crippen molar-refractivity contribution in [2.75, 3.05) is 37.7 Å². The molecule has 0 unspecified atom stereocenters. The maximum atomic E-state index is 12.9. The molecule has 0 radical (unpaired) electrons. The average Bonchev–Trinajstić information content (AvgIpc) is 3.08. The van der Waals surface area contributed by atoms with Crippen molar-refractivity contribution in [1.82, 2.24) is 9.80 Å². The predicted molar refractivity (Wildman–Crippen MR) is 122 cm³/mol. The minimum Gasteiger partial charge on any atom is -0.454 e. The van der Waals surface area contributed by atoms with Crippen LogP contribution in [0.15, 0.2) is 54.6 Å². The molecule has 2 aromatic carbocycles. The second-order valence-corrected chi connectivity index (χ2v) is 8.53. The Labute approximate surface area is 192 Å². The van der Waals surface area contributed by atoms with Crippen LogP contribution in [0.5, 0.6) is 0 Å².